The molecule has 0 amide bonds. The molecular formula is C21H26N4O. The summed E-state index contributed by atoms with van der Waals surface area (Å²) >= 11 is 0. The number of ether oxygens (including phenoxy) is 1. The van der Waals surface area contributed by atoms with Gasteiger partial charge in [0.15, 0.2) is 0 Å². The van der Waals surface area contributed by atoms with E-state index >= 15 is 0 Å². The van der Waals surface area contributed by atoms with Crippen molar-refractivity contribution >= 4 is 0 Å². The number of hydrogen-bond acceptors (Lipinski definition) is 4. The van der Waals surface area contributed by atoms with Gasteiger partial charge in [0.2, 0.25) is 0 Å². The average molecular weight is 350 g/mol. The van der Waals surface area contributed by atoms with Crippen molar-refractivity contribution in [3.8, 4) is 17.0 Å². The van der Waals surface area contributed by atoms with E-state index in [0.29, 0.717) is 0 Å². The highest BCUT2D eigenvalue weighted by Gasteiger charge is 2.03. The number of hydrogen-bond donors (Lipinski definition) is 0. The van der Waals surface area contributed by atoms with Crippen LogP contribution in [0.4, 0.5) is 0 Å². The minimum Gasteiger partial charge on any atom is -0.494 e. The molecule has 0 radical (unpaired) electrons. The van der Waals surface area contributed by atoms with Crippen LogP contribution in [0.3, 0.4) is 0 Å². The molecule has 5 heteroatoms. The fourth-order valence-electron chi connectivity index (χ4n) is 2.84. The summed E-state index contributed by atoms with van der Waals surface area (Å²) in [7, 11) is 0. The van der Waals surface area contributed by atoms with Crippen molar-refractivity contribution in [3.63, 3.8) is 0 Å². The topological polar surface area (TPSA) is 52.8 Å². The van der Waals surface area contributed by atoms with E-state index in [9.17, 15) is 0 Å². The third kappa shape index (κ3) is 5.99. The Bertz CT molecular complexity index is 743. The number of aromatic nitrogens is 4. The van der Waals surface area contributed by atoms with Crippen LogP contribution in [-0.4, -0.2) is 26.6 Å². The zero-order valence-electron chi connectivity index (χ0n) is 15.1. The zero-order valence-corrected chi connectivity index (χ0v) is 15.1. The van der Waals surface area contributed by atoms with Crippen LogP contribution >= 0.6 is 0 Å². The molecule has 5 nitrogen and oxygen atoms in total. The Kier molecular flexibility index (Phi) is 7.20. The van der Waals surface area contributed by atoms with Crippen molar-refractivity contribution in [2.75, 3.05) is 6.61 Å². The SMILES string of the molecule is c1ccc(OCCCCCCCCn2cc(-c3cccnc3)nn2)cc1. The van der Waals surface area contributed by atoms with Crippen molar-refractivity contribution in [1.29, 1.82) is 0 Å². The smallest absolute Gasteiger partial charge is 0.119 e. The van der Waals surface area contributed by atoms with Gasteiger partial charge in [0.1, 0.15) is 11.4 Å². The zero-order chi connectivity index (χ0) is 17.9. The first-order valence-electron chi connectivity index (χ1n) is 9.40. The lowest BCUT2D eigenvalue weighted by molar-refractivity contribution is 0.304. The van der Waals surface area contributed by atoms with Crippen LogP contribution in [0.1, 0.15) is 38.5 Å². The fourth-order valence-corrected chi connectivity index (χ4v) is 2.84. The third-order valence-corrected chi connectivity index (χ3v) is 4.29. The second-order valence-corrected chi connectivity index (χ2v) is 6.39. The quantitative estimate of drug-likeness (QED) is 0.468. The van der Waals surface area contributed by atoms with Crippen molar-refractivity contribution in [1.82, 2.24) is 20.0 Å². The molecule has 0 saturated heterocycles. The molecule has 0 N–H and O–H groups in total. The molecule has 0 aliphatic heterocycles. The van der Waals surface area contributed by atoms with Gasteiger partial charge in [-0.15, -0.1) is 5.10 Å². The molecule has 0 aliphatic rings. The van der Waals surface area contributed by atoms with Crippen LogP contribution in [0, 0.1) is 0 Å². The number of aryl methyl sites for hydroxylation is 1. The maximum Gasteiger partial charge on any atom is 0.119 e. The molecule has 136 valence electrons. The van der Waals surface area contributed by atoms with Gasteiger partial charge in [-0.2, -0.15) is 0 Å². The van der Waals surface area contributed by atoms with Crippen LogP contribution in [0.2, 0.25) is 0 Å². The highest BCUT2D eigenvalue weighted by atomic mass is 16.5. The number of pyridine rings is 1. The van der Waals surface area contributed by atoms with Crippen LogP contribution < -0.4 is 4.74 Å². The highest BCUT2D eigenvalue weighted by Crippen LogP contribution is 2.14. The second kappa shape index (κ2) is 10.3. The predicted octanol–water partition coefficient (Wildman–Crippen LogP) is 4.76. The van der Waals surface area contributed by atoms with Crippen LogP contribution in [0.5, 0.6) is 5.75 Å². The van der Waals surface area contributed by atoms with Gasteiger partial charge in [-0.3, -0.25) is 9.67 Å². The number of rotatable bonds is 11. The van der Waals surface area contributed by atoms with Crippen LogP contribution in [0.15, 0.2) is 61.1 Å². The van der Waals surface area contributed by atoms with Gasteiger partial charge >= 0.3 is 0 Å². The molecule has 0 aliphatic carbocycles. The average Bonchev–Trinajstić information content (AvgIpc) is 3.17. The lowest BCUT2D eigenvalue weighted by Crippen LogP contribution is -1.99. The molecule has 0 saturated carbocycles. The molecular weight excluding hydrogens is 324 g/mol. The van der Waals surface area contributed by atoms with Gasteiger partial charge in [0.25, 0.3) is 0 Å². The van der Waals surface area contributed by atoms with Gasteiger partial charge in [0.05, 0.1) is 12.8 Å². The predicted molar refractivity (Wildman–Crippen MR) is 103 cm³/mol. The summed E-state index contributed by atoms with van der Waals surface area (Å²) < 4.78 is 7.63. The van der Waals surface area contributed by atoms with Gasteiger partial charge in [-0.05, 0) is 37.1 Å². The van der Waals surface area contributed by atoms with Crippen molar-refractivity contribution in [2.24, 2.45) is 0 Å². The molecule has 3 aromatic rings. The van der Waals surface area contributed by atoms with Crippen LogP contribution in [-0.2, 0) is 6.54 Å². The molecule has 1 aromatic carbocycles. The standard InChI is InChI=1S/C21H26N4O/c1(2-4-9-16-26-20-12-6-5-7-13-20)3-8-15-25-18-21(23-24-25)19-11-10-14-22-17-19/h5-7,10-14,17-18H,1-4,8-9,15-16H2. The molecule has 0 fully saturated rings. The van der Waals surface area contributed by atoms with E-state index in [4.69, 9.17) is 4.74 Å². The van der Waals surface area contributed by atoms with E-state index in [2.05, 4.69) is 15.3 Å². The van der Waals surface area contributed by atoms with Gasteiger partial charge in [-0.1, -0.05) is 49.1 Å². The lowest BCUT2D eigenvalue weighted by atomic mass is 10.1. The van der Waals surface area contributed by atoms with E-state index in [1.54, 1.807) is 6.20 Å². The second-order valence-electron chi connectivity index (χ2n) is 6.39. The van der Waals surface area contributed by atoms with Crippen molar-refractivity contribution in [2.45, 2.75) is 45.1 Å². The van der Waals surface area contributed by atoms with Gasteiger partial charge in [0, 0.05) is 24.5 Å². The first kappa shape index (κ1) is 18.1. The van der Waals surface area contributed by atoms with Crippen LogP contribution in [0.25, 0.3) is 11.3 Å². The van der Waals surface area contributed by atoms with E-state index in [1.807, 2.05) is 59.5 Å². The van der Waals surface area contributed by atoms with E-state index in [-0.39, 0.29) is 0 Å². The normalized spacial score (nSPS) is 10.8. The Morgan fingerprint density at radius 1 is 0.846 bits per heavy atom. The first-order chi connectivity index (χ1) is 12.9. The van der Waals surface area contributed by atoms with Gasteiger partial charge in [-0.25, -0.2) is 0 Å². The Balaban J connectivity index is 1.22. The van der Waals surface area contributed by atoms with E-state index in [0.717, 1.165) is 43.0 Å². The van der Waals surface area contributed by atoms with Crippen molar-refractivity contribution in [3.05, 3.63) is 61.1 Å². The number of benzene rings is 1. The maximum absolute atomic E-state index is 5.71. The molecule has 0 unspecified atom stereocenters. The molecule has 3 rings (SSSR count). The minimum atomic E-state index is 0.806. The summed E-state index contributed by atoms with van der Waals surface area (Å²) in [6, 6.07) is 13.9. The largest absolute Gasteiger partial charge is 0.494 e. The molecule has 2 aromatic heterocycles. The molecule has 0 bridgehead atoms. The summed E-state index contributed by atoms with van der Waals surface area (Å²) in [5.74, 6) is 0.964. The molecule has 0 spiro atoms. The Hall–Kier alpha value is -2.69. The molecule has 0 atom stereocenters. The summed E-state index contributed by atoms with van der Waals surface area (Å²) in [4.78, 5) is 4.12. The monoisotopic (exact) mass is 350 g/mol. The lowest BCUT2D eigenvalue weighted by Gasteiger charge is -2.05. The fraction of sp³-hybridized carbons (Fsp3) is 0.381. The Morgan fingerprint density at radius 3 is 2.46 bits per heavy atom. The summed E-state index contributed by atoms with van der Waals surface area (Å²) in [5, 5.41) is 8.42. The number of para-hydroxylation sites is 1. The summed E-state index contributed by atoms with van der Waals surface area (Å²) in [6.45, 7) is 1.73. The maximum atomic E-state index is 5.71. The number of nitrogens with zero attached hydrogens (tertiary/aromatic N) is 4. The number of unbranched alkanes of at least 4 members (excludes halogenated alkanes) is 5. The first-order valence-corrected chi connectivity index (χ1v) is 9.40. The van der Waals surface area contributed by atoms with Crippen molar-refractivity contribution < 1.29 is 4.74 Å². The Labute approximate surface area is 155 Å². The molecule has 2 heterocycles. The Morgan fingerprint density at radius 2 is 1.65 bits per heavy atom. The highest BCUT2D eigenvalue weighted by molar-refractivity contribution is 5.55. The van der Waals surface area contributed by atoms with E-state index < -0.39 is 0 Å². The van der Waals surface area contributed by atoms with E-state index in [1.165, 1.54) is 25.7 Å². The summed E-state index contributed by atoms with van der Waals surface area (Å²) in [5.41, 5.74) is 1.90. The third-order valence-electron chi connectivity index (χ3n) is 4.29. The van der Waals surface area contributed by atoms with Gasteiger partial charge < -0.3 is 4.74 Å². The molecule has 26 heavy (non-hydrogen) atoms. The summed E-state index contributed by atoms with van der Waals surface area (Å²) in [6.07, 6.45) is 12.8. The minimum absolute atomic E-state index is 0.806.